The van der Waals surface area contributed by atoms with Crippen LogP contribution in [0.15, 0.2) is 36.9 Å². The molecule has 0 amide bonds. The van der Waals surface area contributed by atoms with Crippen LogP contribution >= 0.6 is 24.0 Å². The zero-order chi connectivity index (χ0) is 9.68. The van der Waals surface area contributed by atoms with Crippen LogP contribution in [-0.4, -0.2) is 0 Å². The van der Waals surface area contributed by atoms with Crippen LogP contribution in [0.5, 0.6) is 0 Å². The number of benzene rings is 1. The highest BCUT2D eigenvalue weighted by Crippen LogP contribution is 2.19. The monoisotopic (exact) mass is 231 g/mol. The van der Waals surface area contributed by atoms with Crippen molar-refractivity contribution in [3.05, 3.63) is 47.5 Å². The van der Waals surface area contributed by atoms with Crippen molar-refractivity contribution in [2.45, 2.75) is 18.9 Å². The van der Waals surface area contributed by atoms with E-state index in [1.54, 1.807) is 0 Å². The first-order chi connectivity index (χ1) is 6.24. The summed E-state index contributed by atoms with van der Waals surface area (Å²) in [5, 5.41) is 0.742. The molecule has 0 aromatic heterocycles. The molecule has 2 N–H and O–H groups in total. The molecule has 1 atom stereocenters. The van der Waals surface area contributed by atoms with Crippen molar-refractivity contribution in [3.8, 4) is 0 Å². The predicted octanol–water partition coefficient (Wildman–Crippen LogP) is 3.73. The molecule has 0 bridgehead atoms. The van der Waals surface area contributed by atoms with Gasteiger partial charge in [0.25, 0.3) is 0 Å². The zero-order valence-electron chi connectivity index (χ0n) is 7.95. The molecule has 78 valence electrons. The van der Waals surface area contributed by atoms with E-state index in [0.29, 0.717) is 0 Å². The third kappa shape index (κ3) is 4.14. The molecule has 0 fully saturated rings. The summed E-state index contributed by atoms with van der Waals surface area (Å²) >= 11 is 5.85. The molecule has 0 spiro atoms. The van der Waals surface area contributed by atoms with Gasteiger partial charge >= 0.3 is 0 Å². The van der Waals surface area contributed by atoms with E-state index in [1.165, 1.54) is 0 Å². The lowest BCUT2D eigenvalue weighted by atomic mass is 10.0. The summed E-state index contributed by atoms with van der Waals surface area (Å²) in [4.78, 5) is 0. The Bertz CT molecular complexity index is 286. The number of rotatable bonds is 4. The van der Waals surface area contributed by atoms with Gasteiger partial charge in [0, 0.05) is 11.1 Å². The third-order valence-electron chi connectivity index (χ3n) is 1.96. The molecule has 0 unspecified atom stereocenters. The van der Waals surface area contributed by atoms with E-state index in [4.69, 9.17) is 17.3 Å². The molecule has 0 radical (unpaired) electrons. The Balaban J connectivity index is 0.00000169. The first-order valence-corrected chi connectivity index (χ1v) is 4.74. The van der Waals surface area contributed by atoms with Gasteiger partial charge in [0.05, 0.1) is 0 Å². The molecule has 0 saturated carbocycles. The number of nitrogens with two attached hydrogens (primary N) is 1. The van der Waals surface area contributed by atoms with Crippen LogP contribution in [0, 0.1) is 0 Å². The second-order valence-corrected chi connectivity index (χ2v) is 3.46. The fourth-order valence-electron chi connectivity index (χ4n) is 1.20. The molecule has 0 aliphatic heterocycles. The van der Waals surface area contributed by atoms with Crippen LogP contribution in [-0.2, 0) is 0 Å². The highest BCUT2D eigenvalue weighted by atomic mass is 35.5. The first kappa shape index (κ1) is 13.5. The van der Waals surface area contributed by atoms with Crippen LogP contribution < -0.4 is 5.73 Å². The summed E-state index contributed by atoms with van der Waals surface area (Å²) in [5.74, 6) is 0. The lowest BCUT2D eigenvalue weighted by molar-refractivity contribution is 0.661. The summed E-state index contributed by atoms with van der Waals surface area (Å²) in [5.41, 5.74) is 7.04. The van der Waals surface area contributed by atoms with E-state index < -0.39 is 0 Å². The van der Waals surface area contributed by atoms with Gasteiger partial charge in [0.15, 0.2) is 0 Å². The van der Waals surface area contributed by atoms with Gasteiger partial charge < -0.3 is 5.73 Å². The molecule has 1 aromatic carbocycles. The molecule has 0 saturated heterocycles. The van der Waals surface area contributed by atoms with Crippen molar-refractivity contribution < 1.29 is 0 Å². The van der Waals surface area contributed by atoms with Gasteiger partial charge in [0.1, 0.15) is 0 Å². The van der Waals surface area contributed by atoms with Crippen molar-refractivity contribution in [2.75, 3.05) is 0 Å². The topological polar surface area (TPSA) is 26.0 Å². The predicted molar refractivity (Wildman–Crippen MR) is 65.1 cm³/mol. The van der Waals surface area contributed by atoms with E-state index in [9.17, 15) is 0 Å². The molecule has 0 heterocycles. The minimum Gasteiger partial charge on any atom is -0.324 e. The number of halogens is 2. The summed E-state index contributed by atoms with van der Waals surface area (Å²) in [6.45, 7) is 3.66. The van der Waals surface area contributed by atoms with Gasteiger partial charge in [-0.05, 0) is 30.5 Å². The second kappa shape index (κ2) is 6.88. The van der Waals surface area contributed by atoms with Crippen LogP contribution in [0.25, 0.3) is 0 Å². The maximum atomic E-state index is 5.94. The molecule has 0 aliphatic rings. The molecular weight excluding hydrogens is 217 g/mol. The SMILES string of the molecule is C=CCC[C@@H](N)c1cccc(Cl)c1.Cl. The van der Waals surface area contributed by atoms with Crippen LogP contribution in [0.1, 0.15) is 24.4 Å². The van der Waals surface area contributed by atoms with Gasteiger partial charge in [-0.3, -0.25) is 0 Å². The molecule has 1 rings (SSSR count). The largest absolute Gasteiger partial charge is 0.324 e. The van der Waals surface area contributed by atoms with Crippen molar-refractivity contribution in [1.29, 1.82) is 0 Å². The number of hydrogen-bond donors (Lipinski definition) is 1. The third-order valence-corrected chi connectivity index (χ3v) is 2.19. The van der Waals surface area contributed by atoms with Crippen molar-refractivity contribution >= 4 is 24.0 Å². The average molecular weight is 232 g/mol. The molecule has 3 heteroatoms. The standard InChI is InChI=1S/C11H14ClN.ClH/c1-2-3-7-11(13)9-5-4-6-10(12)8-9;/h2,4-6,8,11H,1,3,7,13H2;1H/t11-;/m1./s1. The van der Waals surface area contributed by atoms with Crippen molar-refractivity contribution in [2.24, 2.45) is 5.73 Å². The highest BCUT2D eigenvalue weighted by Gasteiger charge is 2.04. The Morgan fingerprint density at radius 1 is 1.50 bits per heavy atom. The summed E-state index contributed by atoms with van der Waals surface area (Å²) < 4.78 is 0. The molecule has 14 heavy (non-hydrogen) atoms. The Morgan fingerprint density at radius 2 is 2.21 bits per heavy atom. The minimum absolute atomic E-state index is 0. The van der Waals surface area contributed by atoms with Crippen LogP contribution in [0.4, 0.5) is 0 Å². The Kier molecular flexibility index (Phi) is 6.64. The van der Waals surface area contributed by atoms with Crippen LogP contribution in [0.2, 0.25) is 5.02 Å². The molecule has 1 aromatic rings. The van der Waals surface area contributed by atoms with E-state index >= 15 is 0 Å². The lowest BCUT2D eigenvalue weighted by Gasteiger charge is -2.10. The first-order valence-electron chi connectivity index (χ1n) is 4.36. The quantitative estimate of drug-likeness (QED) is 0.786. The zero-order valence-corrected chi connectivity index (χ0v) is 9.52. The molecule has 0 aliphatic carbocycles. The van der Waals surface area contributed by atoms with Gasteiger partial charge in [-0.25, -0.2) is 0 Å². The van der Waals surface area contributed by atoms with E-state index in [2.05, 4.69) is 6.58 Å². The number of allylic oxidation sites excluding steroid dienone is 1. The summed E-state index contributed by atoms with van der Waals surface area (Å²) in [7, 11) is 0. The lowest BCUT2D eigenvalue weighted by Crippen LogP contribution is -2.09. The van der Waals surface area contributed by atoms with Crippen molar-refractivity contribution in [3.63, 3.8) is 0 Å². The smallest absolute Gasteiger partial charge is 0.0409 e. The van der Waals surface area contributed by atoms with Gasteiger partial charge in [-0.2, -0.15) is 0 Å². The van der Waals surface area contributed by atoms with Gasteiger partial charge in [-0.1, -0.05) is 29.8 Å². The van der Waals surface area contributed by atoms with Gasteiger partial charge in [-0.15, -0.1) is 19.0 Å². The maximum absolute atomic E-state index is 5.94. The molecular formula is C11H15Cl2N. The average Bonchev–Trinajstić information content (AvgIpc) is 2.14. The number of hydrogen-bond acceptors (Lipinski definition) is 1. The Morgan fingerprint density at radius 3 is 2.79 bits per heavy atom. The van der Waals surface area contributed by atoms with Gasteiger partial charge in [0.2, 0.25) is 0 Å². The normalized spacial score (nSPS) is 11.6. The second-order valence-electron chi connectivity index (χ2n) is 3.03. The van der Waals surface area contributed by atoms with Crippen molar-refractivity contribution in [1.82, 2.24) is 0 Å². The van der Waals surface area contributed by atoms with E-state index in [-0.39, 0.29) is 18.4 Å². The highest BCUT2D eigenvalue weighted by molar-refractivity contribution is 6.30. The Hall–Kier alpha value is -0.500. The molecule has 1 nitrogen and oxygen atoms in total. The maximum Gasteiger partial charge on any atom is 0.0409 e. The summed E-state index contributed by atoms with van der Waals surface area (Å²) in [6.07, 6.45) is 3.74. The van der Waals surface area contributed by atoms with E-state index in [1.807, 2.05) is 30.3 Å². The fourth-order valence-corrected chi connectivity index (χ4v) is 1.40. The Labute approximate surface area is 96.4 Å². The fraction of sp³-hybridized carbons (Fsp3) is 0.273. The van der Waals surface area contributed by atoms with E-state index in [0.717, 1.165) is 23.4 Å². The minimum atomic E-state index is 0. The summed E-state index contributed by atoms with van der Waals surface area (Å²) in [6, 6.07) is 7.75. The van der Waals surface area contributed by atoms with Crippen LogP contribution in [0.3, 0.4) is 0 Å².